The molecular formula is C29H41N3O4S. The van der Waals surface area contributed by atoms with Crippen molar-refractivity contribution in [1.82, 2.24) is 10.2 Å². The van der Waals surface area contributed by atoms with Crippen LogP contribution in [0, 0.1) is 20.8 Å². The van der Waals surface area contributed by atoms with Crippen molar-refractivity contribution >= 4 is 27.5 Å². The molecule has 1 N–H and O–H groups in total. The SMILES string of the molecule is Cc1cccc(CN(C(=O)CCCN(c2cc(C)cc(C)c2)S(C)(=O)=O)[C@H](C)C(=O)NC2CCCC2)c1. The van der Waals surface area contributed by atoms with Crippen molar-refractivity contribution in [1.29, 1.82) is 0 Å². The minimum Gasteiger partial charge on any atom is -0.352 e. The molecule has 37 heavy (non-hydrogen) atoms. The van der Waals surface area contributed by atoms with E-state index in [-0.39, 0.29) is 30.8 Å². The molecule has 0 aromatic heterocycles. The van der Waals surface area contributed by atoms with E-state index in [2.05, 4.69) is 5.32 Å². The van der Waals surface area contributed by atoms with E-state index in [4.69, 9.17) is 0 Å². The molecule has 2 amide bonds. The van der Waals surface area contributed by atoms with Crippen LogP contribution in [0.3, 0.4) is 0 Å². The molecule has 7 nitrogen and oxygen atoms in total. The van der Waals surface area contributed by atoms with Gasteiger partial charge in [-0.15, -0.1) is 0 Å². The van der Waals surface area contributed by atoms with Gasteiger partial charge in [-0.1, -0.05) is 48.7 Å². The first-order valence-electron chi connectivity index (χ1n) is 13.2. The fourth-order valence-electron chi connectivity index (χ4n) is 5.08. The maximum atomic E-state index is 13.5. The standard InChI is InChI=1S/C29H41N3O4S/c1-21-10-8-11-25(17-21)20-31(24(4)29(34)30-26-12-6-7-13-26)28(33)14-9-15-32(37(5,35)36)27-18-22(2)16-23(3)19-27/h8,10-11,16-19,24,26H,6-7,9,12-15,20H2,1-5H3,(H,30,34)/t24-/m1/s1. The molecule has 0 unspecified atom stereocenters. The maximum absolute atomic E-state index is 13.5. The van der Waals surface area contributed by atoms with Crippen LogP contribution in [0.15, 0.2) is 42.5 Å². The van der Waals surface area contributed by atoms with Gasteiger partial charge in [-0.05, 0) is 75.8 Å². The number of benzene rings is 2. The number of anilines is 1. The third-order valence-corrected chi connectivity index (χ3v) is 8.14. The number of hydrogen-bond acceptors (Lipinski definition) is 4. The van der Waals surface area contributed by atoms with Crippen LogP contribution >= 0.6 is 0 Å². The van der Waals surface area contributed by atoms with Crippen molar-refractivity contribution in [2.45, 2.75) is 84.8 Å². The van der Waals surface area contributed by atoms with Crippen molar-refractivity contribution in [3.8, 4) is 0 Å². The Labute approximate surface area is 222 Å². The van der Waals surface area contributed by atoms with Crippen molar-refractivity contribution in [3.63, 3.8) is 0 Å². The van der Waals surface area contributed by atoms with E-state index in [1.165, 1.54) is 10.6 Å². The molecule has 0 heterocycles. The Kier molecular flexibility index (Phi) is 9.76. The van der Waals surface area contributed by atoms with Gasteiger partial charge in [-0.3, -0.25) is 13.9 Å². The Hall–Kier alpha value is -2.87. The van der Waals surface area contributed by atoms with E-state index in [0.717, 1.165) is 47.9 Å². The highest BCUT2D eigenvalue weighted by Gasteiger charge is 2.28. The van der Waals surface area contributed by atoms with Gasteiger partial charge in [-0.2, -0.15) is 0 Å². The zero-order valence-electron chi connectivity index (χ0n) is 22.8. The van der Waals surface area contributed by atoms with Gasteiger partial charge in [0.25, 0.3) is 0 Å². The highest BCUT2D eigenvalue weighted by molar-refractivity contribution is 7.92. The summed E-state index contributed by atoms with van der Waals surface area (Å²) in [5.74, 6) is -0.301. The van der Waals surface area contributed by atoms with E-state index in [0.29, 0.717) is 18.7 Å². The normalized spacial score (nSPS) is 14.8. The maximum Gasteiger partial charge on any atom is 0.242 e. The Morgan fingerprint density at radius 1 is 1.00 bits per heavy atom. The molecular weight excluding hydrogens is 486 g/mol. The first-order chi connectivity index (χ1) is 17.4. The van der Waals surface area contributed by atoms with E-state index >= 15 is 0 Å². The Bertz CT molecular complexity index is 1190. The van der Waals surface area contributed by atoms with Gasteiger partial charge in [0, 0.05) is 25.6 Å². The molecule has 1 fully saturated rings. The average Bonchev–Trinajstić information content (AvgIpc) is 3.31. The molecule has 1 atom stereocenters. The van der Waals surface area contributed by atoms with Gasteiger partial charge in [0.2, 0.25) is 21.8 Å². The lowest BCUT2D eigenvalue weighted by molar-refractivity contribution is -0.141. The van der Waals surface area contributed by atoms with E-state index in [1.54, 1.807) is 11.8 Å². The third kappa shape index (κ3) is 8.32. The lowest BCUT2D eigenvalue weighted by atomic mass is 10.1. The summed E-state index contributed by atoms with van der Waals surface area (Å²) in [6.07, 6.45) is 5.86. The fourth-order valence-corrected chi connectivity index (χ4v) is 6.03. The number of carbonyl (C=O) groups excluding carboxylic acids is 2. The van der Waals surface area contributed by atoms with Crippen LogP contribution in [0.4, 0.5) is 5.69 Å². The highest BCUT2D eigenvalue weighted by atomic mass is 32.2. The molecule has 0 aliphatic heterocycles. The second-order valence-electron chi connectivity index (χ2n) is 10.5. The lowest BCUT2D eigenvalue weighted by Gasteiger charge is -2.30. The first-order valence-corrected chi connectivity index (χ1v) is 15.0. The van der Waals surface area contributed by atoms with E-state index < -0.39 is 16.1 Å². The van der Waals surface area contributed by atoms with Gasteiger partial charge >= 0.3 is 0 Å². The summed E-state index contributed by atoms with van der Waals surface area (Å²) in [5.41, 5.74) is 4.61. The summed E-state index contributed by atoms with van der Waals surface area (Å²) in [4.78, 5) is 28.2. The molecule has 1 aliphatic rings. The number of sulfonamides is 1. The van der Waals surface area contributed by atoms with Crippen molar-refractivity contribution in [2.24, 2.45) is 0 Å². The molecule has 1 aliphatic carbocycles. The predicted molar refractivity (Wildman–Crippen MR) is 149 cm³/mol. The molecule has 0 spiro atoms. The third-order valence-electron chi connectivity index (χ3n) is 6.95. The van der Waals surface area contributed by atoms with Gasteiger partial charge < -0.3 is 10.2 Å². The zero-order valence-corrected chi connectivity index (χ0v) is 23.6. The van der Waals surface area contributed by atoms with Crippen molar-refractivity contribution < 1.29 is 18.0 Å². The van der Waals surface area contributed by atoms with Crippen molar-refractivity contribution in [2.75, 3.05) is 17.1 Å². The molecule has 8 heteroatoms. The number of nitrogens with zero attached hydrogens (tertiary/aromatic N) is 2. The first kappa shape index (κ1) is 28.7. The predicted octanol–water partition coefficient (Wildman–Crippen LogP) is 4.63. The second kappa shape index (κ2) is 12.6. The number of rotatable bonds is 11. The molecule has 0 saturated heterocycles. The summed E-state index contributed by atoms with van der Waals surface area (Å²) in [6.45, 7) is 8.15. The summed E-state index contributed by atoms with van der Waals surface area (Å²) < 4.78 is 26.5. The Balaban J connectivity index is 1.73. The zero-order chi connectivity index (χ0) is 27.2. The molecule has 202 valence electrons. The van der Waals surface area contributed by atoms with E-state index in [1.807, 2.05) is 63.2 Å². The molecule has 2 aromatic carbocycles. The largest absolute Gasteiger partial charge is 0.352 e. The monoisotopic (exact) mass is 527 g/mol. The lowest BCUT2D eigenvalue weighted by Crippen LogP contribution is -2.49. The van der Waals surface area contributed by atoms with Gasteiger partial charge in [0.1, 0.15) is 6.04 Å². The summed E-state index contributed by atoms with van der Waals surface area (Å²) in [6, 6.07) is 13.2. The molecule has 0 radical (unpaired) electrons. The van der Waals surface area contributed by atoms with Crippen molar-refractivity contribution in [3.05, 3.63) is 64.7 Å². The molecule has 1 saturated carbocycles. The van der Waals surface area contributed by atoms with Gasteiger partial charge in [0.15, 0.2) is 0 Å². The van der Waals surface area contributed by atoms with Crippen LogP contribution in [-0.2, 0) is 26.2 Å². The molecule has 2 aromatic rings. The van der Waals surface area contributed by atoms with Crippen LogP contribution < -0.4 is 9.62 Å². The number of amides is 2. The summed E-state index contributed by atoms with van der Waals surface area (Å²) >= 11 is 0. The van der Waals surface area contributed by atoms with Crippen LogP contribution in [0.2, 0.25) is 0 Å². The number of nitrogens with one attached hydrogen (secondary N) is 1. The second-order valence-corrected chi connectivity index (χ2v) is 12.4. The summed E-state index contributed by atoms with van der Waals surface area (Å²) in [7, 11) is -3.52. The van der Waals surface area contributed by atoms with Crippen LogP contribution in [0.25, 0.3) is 0 Å². The Morgan fingerprint density at radius 3 is 2.24 bits per heavy atom. The highest BCUT2D eigenvalue weighted by Crippen LogP contribution is 2.23. The van der Waals surface area contributed by atoms with Crippen LogP contribution in [-0.4, -0.2) is 50.0 Å². The number of hydrogen-bond donors (Lipinski definition) is 1. The minimum absolute atomic E-state index is 0.138. The molecule has 0 bridgehead atoms. The minimum atomic E-state index is -3.52. The fraction of sp³-hybridized carbons (Fsp3) is 0.517. The summed E-state index contributed by atoms with van der Waals surface area (Å²) in [5, 5.41) is 3.12. The van der Waals surface area contributed by atoms with Gasteiger partial charge in [0.05, 0.1) is 11.9 Å². The molecule has 3 rings (SSSR count). The smallest absolute Gasteiger partial charge is 0.242 e. The number of carbonyl (C=O) groups is 2. The Morgan fingerprint density at radius 2 is 1.65 bits per heavy atom. The van der Waals surface area contributed by atoms with Crippen LogP contribution in [0.5, 0.6) is 0 Å². The number of aryl methyl sites for hydroxylation is 3. The topological polar surface area (TPSA) is 86.8 Å². The van der Waals surface area contributed by atoms with Crippen LogP contribution in [0.1, 0.15) is 67.7 Å². The quantitative estimate of drug-likeness (QED) is 0.461. The average molecular weight is 528 g/mol. The van der Waals surface area contributed by atoms with E-state index in [9.17, 15) is 18.0 Å². The van der Waals surface area contributed by atoms with Gasteiger partial charge in [-0.25, -0.2) is 8.42 Å².